The van der Waals surface area contributed by atoms with E-state index in [9.17, 15) is 14.9 Å². The van der Waals surface area contributed by atoms with Crippen molar-refractivity contribution in [3.8, 4) is 17.6 Å². The second kappa shape index (κ2) is 12.8. The van der Waals surface area contributed by atoms with Gasteiger partial charge in [-0.15, -0.1) is 0 Å². The lowest BCUT2D eigenvalue weighted by atomic mass is 10.1. The fourth-order valence-electron chi connectivity index (χ4n) is 2.98. The summed E-state index contributed by atoms with van der Waals surface area (Å²) < 4.78 is 11.0. The minimum absolute atomic E-state index is 0.184. The predicted molar refractivity (Wildman–Crippen MR) is 142 cm³/mol. The molecule has 0 spiro atoms. The normalized spacial score (nSPS) is 10.8. The number of anilines is 2. The Balaban J connectivity index is 1.71. The third-order valence-electron chi connectivity index (χ3n) is 4.62. The van der Waals surface area contributed by atoms with Gasteiger partial charge in [-0.1, -0.05) is 34.8 Å². The van der Waals surface area contributed by atoms with Crippen molar-refractivity contribution in [1.82, 2.24) is 0 Å². The van der Waals surface area contributed by atoms with Crippen molar-refractivity contribution >= 4 is 64.1 Å². The van der Waals surface area contributed by atoms with Crippen molar-refractivity contribution in [2.75, 3.05) is 23.8 Å². The molecule has 0 saturated heterocycles. The van der Waals surface area contributed by atoms with E-state index in [1.165, 1.54) is 18.2 Å². The minimum Gasteiger partial charge on any atom is -0.494 e. The lowest BCUT2D eigenvalue weighted by molar-refractivity contribution is -0.118. The zero-order valence-corrected chi connectivity index (χ0v) is 21.2. The van der Waals surface area contributed by atoms with Gasteiger partial charge in [0.2, 0.25) is 0 Å². The number of hydrogen-bond acceptors (Lipinski definition) is 5. The van der Waals surface area contributed by atoms with Crippen molar-refractivity contribution in [2.45, 2.75) is 6.92 Å². The van der Waals surface area contributed by atoms with E-state index in [2.05, 4.69) is 10.6 Å². The van der Waals surface area contributed by atoms with E-state index in [0.717, 1.165) is 0 Å². The van der Waals surface area contributed by atoms with Crippen LogP contribution in [0.4, 0.5) is 11.4 Å². The first-order chi connectivity index (χ1) is 17.3. The van der Waals surface area contributed by atoms with Gasteiger partial charge in [0.05, 0.1) is 16.7 Å². The average Bonchev–Trinajstić information content (AvgIpc) is 2.85. The fraction of sp³-hybridized carbons (Fsp3) is 0.115. The maximum absolute atomic E-state index is 12.7. The maximum Gasteiger partial charge on any atom is 0.266 e. The highest BCUT2D eigenvalue weighted by Gasteiger charge is 2.13. The summed E-state index contributed by atoms with van der Waals surface area (Å²) in [6.07, 6.45) is 1.34. The molecule has 3 aromatic rings. The molecule has 0 unspecified atom stereocenters. The monoisotopic (exact) mass is 543 g/mol. The Bertz CT molecular complexity index is 1340. The lowest BCUT2D eigenvalue weighted by Gasteiger charge is -2.11. The molecule has 3 aromatic carbocycles. The number of hydrogen-bond donors (Lipinski definition) is 2. The molecule has 3 rings (SSSR count). The van der Waals surface area contributed by atoms with E-state index < -0.39 is 11.8 Å². The van der Waals surface area contributed by atoms with Gasteiger partial charge in [-0.2, -0.15) is 5.26 Å². The molecule has 0 bridgehead atoms. The standard InChI is InChI=1S/C26H20Cl3N3O4/c1-2-35-21-7-4-19(5-8-21)32-26(34)17(14-30)11-16-12-18(27)3-10-24(16)36-15-25(33)31-20-6-9-22(28)23(29)13-20/h3-13H,2,15H2,1H3,(H,31,33)(H,32,34)/b17-11+. The number of nitrogens with zero attached hydrogens (tertiary/aromatic N) is 1. The average molecular weight is 545 g/mol. The molecule has 0 aliphatic rings. The van der Waals surface area contributed by atoms with Crippen LogP contribution in [-0.2, 0) is 9.59 Å². The first-order valence-electron chi connectivity index (χ1n) is 10.6. The van der Waals surface area contributed by atoms with Crippen LogP contribution in [0.2, 0.25) is 15.1 Å². The summed E-state index contributed by atoms with van der Waals surface area (Å²) in [5.41, 5.74) is 1.11. The van der Waals surface area contributed by atoms with Crippen LogP contribution in [0.3, 0.4) is 0 Å². The molecule has 0 aliphatic heterocycles. The first kappa shape index (κ1) is 26.9. The highest BCUT2D eigenvalue weighted by Crippen LogP contribution is 2.27. The van der Waals surface area contributed by atoms with Crippen LogP contribution in [0.15, 0.2) is 66.2 Å². The molecule has 36 heavy (non-hydrogen) atoms. The zero-order chi connectivity index (χ0) is 26.1. The third-order valence-corrected chi connectivity index (χ3v) is 5.60. The molecule has 2 N–H and O–H groups in total. The van der Waals surface area contributed by atoms with Crippen molar-refractivity contribution in [3.63, 3.8) is 0 Å². The molecule has 0 saturated carbocycles. The molecule has 0 heterocycles. The summed E-state index contributed by atoms with van der Waals surface area (Å²) >= 11 is 18.0. The molecular formula is C26H20Cl3N3O4. The lowest BCUT2D eigenvalue weighted by Crippen LogP contribution is -2.20. The molecular weight excluding hydrogens is 525 g/mol. The molecule has 7 nitrogen and oxygen atoms in total. The molecule has 2 amide bonds. The van der Waals surface area contributed by atoms with Gasteiger partial charge in [-0.25, -0.2) is 0 Å². The van der Waals surface area contributed by atoms with Crippen LogP contribution < -0.4 is 20.1 Å². The SMILES string of the molecule is CCOc1ccc(NC(=O)/C(C#N)=C/c2cc(Cl)ccc2OCC(=O)Nc2ccc(Cl)c(Cl)c2)cc1. The number of carbonyl (C=O) groups is 2. The highest BCUT2D eigenvalue weighted by atomic mass is 35.5. The number of carbonyl (C=O) groups excluding carboxylic acids is 2. The second-order valence-corrected chi connectivity index (χ2v) is 8.48. The second-order valence-electron chi connectivity index (χ2n) is 7.23. The largest absolute Gasteiger partial charge is 0.494 e. The molecule has 184 valence electrons. The molecule has 0 atom stereocenters. The van der Waals surface area contributed by atoms with Gasteiger partial charge in [0, 0.05) is 22.0 Å². The van der Waals surface area contributed by atoms with E-state index in [1.807, 2.05) is 13.0 Å². The zero-order valence-electron chi connectivity index (χ0n) is 19.0. The Hall–Kier alpha value is -3.70. The summed E-state index contributed by atoms with van der Waals surface area (Å²) in [6.45, 7) is 2.05. The van der Waals surface area contributed by atoms with Gasteiger partial charge in [0.15, 0.2) is 6.61 Å². The Morgan fingerprint density at radius 3 is 2.31 bits per heavy atom. The number of halogens is 3. The van der Waals surface area contributed by atoms with Crippen molar-refractivity contribution in [2.24, 2.45) is 0 Å². The smallest absolute Gasteiger partial charge is 0.266 e. The van der Waals surface area contributed by atoms with Crippen molar-refractivity contribution in [3.05, 3.63) is 86.9 Å². The number of nitriles is 1. The van der Waals surface area contributed by atoms with Crippen molar-refractivity contribution in [1.29, 1.82) is 5.26 Å². The first-order valence-corrected chi connectivity index (χ1v) is 11.8. The molecule has 0 radical (unpaired) electrons. The summed E-state index contributed by atoms with van der Waals surface area (Å²) in [5, 5.41) is 15.9. The van der Waals surface area contributed by atoms with E-state index in [4.69, 9.17) is 44.3 Å². The van der Waals surface area contributed by atoms with E-state index in [-0.39, 0.29) is 17.9 Å². The van der Waals surface area contributed by atoms with Gasteiger partial charge in [-0.05, 0) is 73.7 Å². The molecule has 10 heteroatoms. The van der Waals surface area contributed by atoms with Crippen molar-refractivity contribution < 1.29 is 19.1 Å². The molecule has 0 fully saturated rings. The van der Waals surface area contributed by atoms with Gasteiger partial charge in [-0.3, -0.25) is 9.59 Å². The fourth-order valence-corrected chi connectivity index (χ4v) is 3.46. The summed E-state index contributed by atoms with van der Waals surface area (Å²) in [5.74, 6) is -0.155. The van der Waals surface area contributed by atoms with Gasteiger partial charge >= 0.3 is 0 Å². The molecule has 0 aliphatic carbocycles. The van der Waals surface area contributed by atoms with Crippen LogP contribution in [0, 0.1) is 11.3 Å². The van der Waals surface area contributed by atoms with Crippen LogP contribution in [-0.4, -0.2) is 25.0 Å². The third kappa shape index (κ3) is 7.65. The van der Waals surface area contributed by atoms with E-state index in [1.54, 1.807) is 48.5 Å². The number of nitrogens with one attached hydrogen (secondary N) is 2. The number of ether oxygens (including phenoxy) is 2. The Kier molecular flexibility index (Phi) is 9.60. The van der Waals surface area contributed by atoms with Gasteiger partial charge in [0.25, 0.3) is 11.8 Å². The Labute approximate surface area is 223 Å². The Morgan fingerprint density at radius 1 is 0.917 bits per heavy atom. The van der Waals surface area contributed by atoms with E-state index in [0.29, 0.717) is 44.4 Å². The van der Waals surface area contributed by atoms with Gasteiger partial charge in [0.1, 0.15) is 23.1 Å². The topological polar surface area (TPSA) is 100 Å². The maximum atomic E-state index is 12.7. The van der Waals surface area contributed by atoms with Gasteiger partial charge < -0.3 is 20.1 Å². The predicted octanol–water partition coefficient (Wildman–Crippen LogP) is 6.61. The summed E-state index contributed by atoms with van der Waals surface area (Å²) in [7, 11) is 0. The quantitative estimate of drug-likeness (QED) is 0.233. The number of rotatable bonds is 9. The van der Waals surface area contributed by atoms with Crippen LogP contribution >= 0.6 is 34.8 Å². The summed E-state index contributed by atoms with van der Waals surface area (Å²) in [4.78, 5) is 25.0. The summed E-state index contributed by atoms with van der Waals surface area (Å²) in [6, 6.07) is 17.9. The Morgan fingerprint density at radius 2 is 1.64 bits per heavy atom. The van der Waals surface area contributed by atoms with Crippen LogP contribution in [0.1, 0.15) is 12.5 Å². The number of amides is 2. The van der Waals surface area contributed by atoms with E-state index >= 15 is 0 Å². The highest BCUT2D eigenvalue weighted by molar-refractivity contribution is 6.42. The van der Waals surface area contributed by atoms with Crippen LogP contribution in [0.25, 0.3) is 6.08 Å². The minimum atomic E-state index is -0.620. The number of benzene rings is 3. The van der Waals surface area contributed by atoms with Crippen LogP contribution in [0.5, 0.6) is 11.5 Å². The molecule has 0 aromatic heterocycles.